The fourth-order valence-electron chi connectivity index (χ4n) is 2.66. The summed E-state index contributed by atoms with van der Waals surface area (Å²) in [7, 11) is 0. The lowest BCUT2D eigenvalue weighted by atomic mass is 10.1. The van der Waals surface area contributed by atoms with E-state index in [9.17, 15) is 0 Å². The van der Waals surface area contributed by atoms with Crippen LogP contribution in [0.4, 0.5) is 0 Å². The van der Waals surface area contributed by atoms with Crippen LogP contribution in [0.15, 0.2) is 48.5 Å². The minimum Gasteiger partial charge on any atom is -0.325 e. The number of nitrogens with zero attached hydrogens (tertiary/aromatic N) is 2. The highest BCUT2D eigenvalue weighted by molar-refractivity contribution is 6.35. The van der Waals surface area contributed by atoms with E-state index in [4.69, 9.17) is 22.3 Å². The molecule has 0 aliphatic heterocycles. The van der Waals surface area contributed by atoms with Crippen LogP contribution in [-0.2, 0) is 6.54 Å². The Kier molecular flexibility index (Phi) is 3.95. The van der Waals surface area contributed by atoms with Crippen molar-refractivity contribution in [1.82, 2.24) is 9.55 Å². The minimum absolute atomic E-state index is 0.249. The van der Waals surface area contributed by atoms with E-state index in [1.165, 1.54) is 0 Å². The number of nitrogens with two attached hydrogens (primary N) is 1. The van der Waals surface area contributed by atoms with Gasteiger partial charge in [-0.2, -0.15) is 0 Å². The van der Waals surface area contributed by atoms with Crippen molar-refractivity contribution in [2.45, 2.75) is 25.9 Å². The van der Waals surface area contributed by atoms with Gasteiger partial charge in [0.15, 0.2) is 0 Å². The number of imidazole rings is 1. The topological polar surface area (TPSA) is 43.8 Å². The number of benzene rings is 2. The second kappa shape index (κ2) is 5.88. The van der Waals surface area contributed by atoms with Crippen molar-refractivity contribution in [1.29, 1.82) is 0 Å². The predicted octanol–water partition coefficient (Wildman–Crippen LogP) is 4.15. The number of halogens is 1. The van der Waals surface area contributed by atoms with Crippen LogP contribution < -0.4 is 5.73 Å². The third kappa shape index (κ3) is 2.55. The van der Waals surface area contributed by atoms with Gasteiger partial charge in [-0.1, -0.05) is 54.9 Å². The van der Waals surface area contributed by atoms with Gasteiger partial charge in [0.05, 0.1) is 22.1 Å². The summed E-state index contributed by atoms with van der Waals surface area (Å²) < 4.78 is 2.15. The molecule has 0 saturated heterocycles. The second-order valence-electron chi connectivity index (χ2n) is 5.12. The molecule has 0 fully saturated rings. The van der Waals surface area contributed by atoms with Gasteiger partial charge in [0.2, 0.25) is 0 Å². The normalized spacial score (nSPS) is 12.7. The van der Waals surface area contributed by atoms with Gasteiger partial charge in [-0.15, -0.1) is 0 Å². The van der Waals surface area contributed by atoms with Gasteiger partial charge < -0.3 is 10.3 Å². The van der Waals surface area contributed by atoms with Crippen molar-refractivity contribution in [3.8, 4) is 0 Å². The smallest absolute Gasteiger partial charge is 0.131 e. The maximum absolute atomic E-state index is 6.43. The number of para-hydroxylation sites is 1. The van der Waals surface area contributed by atoms with Crippen LogP contribution in [-0.4, -0.2) is 9.55 Å². The lowest BCUT2D eigenvalue weighted by Crippen LogP contribution is -2.18. The standard InChI is InChI=1S/C17H18ClN3/c1-2-11-21-16-13(18)9-6-10-14(16)20-17(21)15(19)12-7-4-3-5-8-12/h3-10,15H,2,11,19H2,1H3. The van der Waals surface area contributed by atoms with Crippen LogP contribution in [0.2, 0.25) is 5.02 Å². The van der Waals surface area contributed by atoms with Gasteiger partial charge in [0.1, 0.15) is 5.82 Å². The van der Waals surface area contributed by atoms with Gasteiger partial charge in [-0.25, -0.2) is 4.98 Å². The zero-order chi connectivity index (χ0) is 14.8. The SMILES string of the molecule is CCCn1c(C(N)c2ccccc2)nc2cccc(Cl)c21. The van der Waals surface area contributed by atoms with E-state index < -0.39 is 0 Å². The Morgan fingerprint density at radius 1 is 1.14 bits per heavy atom. The number of rotatable bonds is 4. The molecule has 1 aromatic heterocycles. The molecule has 0 aliphatic rings. The van der Waals surface area contributed by atoms with E-state index in [0.717, 1.165) is 40.4 Å². The summed E-state index contributed by atoms with van der Waals surface area (Å²) in [6.45, 7) is 3.00. The molecule has 0 bridgehead atoms. The molecule has 0 saturated carbocycles. The molecule has 21 heavy (non-hydrogen) atoms. The summed E-state index contributed by atoms with van der Waals surface area (Å²) in [6, 6.07) is 15.6. The zero-order valence-electron chi connectivity index (χ0n) is 12.0. The number of aromatic nitrogens is 2. The summed E-state index contributed by atoms with van der Waals surface area (Å²) in [5.74, 6) is 0.867. The van der Waals surface area contributed by atoms with Crippen molar-refractivity contribution in [3.05, 3.63) is 64.9 Å². The molecule has 0 spiro atoms. The summed E-state index contributed by atoms with van der Waals surface area (Å²) in [6.07, 6.45) is 1.01. The van der Waals surface area contributed by atoms with Gasteiger partial charge in [-0.3, -0.25) is 0 Å². The number of fused-ring (bicyclic) bond motifs is 1. The maximum atomic E-state index is 6.43. The first kappa shape index (κ1) is 14.1. The molecule has 2 N–H and O–H groups in total. The zero-order valence-corrected chi connectivity index (χ0v) is 12.7. The van der Waals surface area contributed by atoms with E-state index >= 15 is 0 Å². The van der Waals surface area contributed by atoms with Crippen LogP contribution in [0, 0.1) is 0 Å². The summed E-state index contributed by atoms with van der Waals surface area (Å²) in [4.78, 5) is 4.72. The number of hydrogen-bond acceptors (Lipinski definition) is 2. The van der Waals surface area contributed by atoms with Crippen molar-refractivity contribution in [2.75, 3.05) is 0 Å². The van der Waals surface area contributed by atoms with Gasteiger partial charge in [-0.05, 0) is 24.1 Å². The van der Waals surface area contributed by atoms with Crippen molar-refractivity contribution in [3.63, 3.8) is 0 Å². The quantitative estimate of drug-likeness (QED) is 0.786. The monoisotopic (exact) mass is 299 g/mol. The molecule has 108 valence electrons. The molecule has 0 radical (unpaired) electrons. The minimum atomic E-state index is -0.249. The van der Waals surface area contributed by atoms with Crippen molar-refractivity contribution in [2.24, 2.45) is 5.73 Å². The molecule has 4 heteroatoms. The van der Waals surface area contributed by atoms with Crippen LogP contribution in [0.5, 0.6) is 0 Å². The Morgan fingerprint density at radius 2 is 1.90 bits per heavy atom. The Balaban J connectivity index is 2.18. The average Bonchev–Trinajstić information content (AvgIpc) is 2.88. The highest BCUT2D eigenvalue weighted by Gasteiger charge is 2.19. The first-order chi connectivity index (χ1) is 10.2. The Bertz CT molecular complexity index is 749. The summed E-state index contributed by atoms with van der Waals surface area (Å²) in [5, 5.41) is 0.722. The van der Waals surface area contributed by atoms with Crippen molar-refractivity contribution < 1.29 is 0 Å². The van der Waals surface area contributed by atoms with Crippen LogP contribution in [0.1, 0.15) is 30.8 Å². The van der Waals surface area contributed by atoms with E-state index in [1.54, 1.807) is 0 Å². The number of hydrogen-bond donors (Lipinski definition) is 1. The Labute approximate surface area is 129 Å². The highest BCUT2D eigenvalue weighted by Crippen LogP contribution is 2.29. The first-order valence-electron chi connectivity index (χ1n) is 7.17. The van der Waals surface area contributed by atoms with Gasteiger partial charge >= 0.3 is 0 Å². The maximum Gasteiger partial charge on any atom is 0.131 e. The molecule has 0 aliphatic carbocycles. The fourth-order valence-corrected chi connectivity index (χ4v) is 2.93. The van der Waals surface area contributed by atoms with Crippen LogP contribution >= 0.6 is 11.6 Å². The van der Waals surface area contributed by atoms with E-state index in [-0.39, 0.29) is 6.04 Å². The molecule has 1 heterocycles. The largest absolute Gasteiger partial charge is 0.325 e. The predicted molar refractivity (Wildman–Crippen MR) is 87.5 cm³/mol. The molecule has 1 atom stereocenters. The molecule has 3 aromatic rings. The van der Waals surface area contributed by atoms with Gasteiger partial charge in [0, 0.05) is 6.54 Å². The van der Waals surface area contributed by atoms with Crippen LogP contribution in [0.25, 0.3) is 11.0 Å². The van der Waals surface area contributed by atoms with E-state index in [1.807, 2.05) is 48.5 Å². The third-order valence-corrected chi connectivity index (χ3v) is 3.94. The number of aryl methyl sites for hydroxylation is 1. The van der Waals surface area contributed by atoms with Crippen molar-refractivity contribution >= 4 is 22.6 Å². The molecule has 2 aromatic carbocycles. The summed E-state index contributed by atoms with van der Waals surface area (Å²) >= 11 is 6.36. The van der Waals surface area contributed by atoms with E-state index in [0.29, 0.717) is 0 Å². The molecule has 1 unspecified atom stereocenters. The highest BCUT2D eigenvalue weighted by atomic mass is 35.5. The Morgan fingerprint density at radius 3 is 2.62 bits per heavy atom. The molecular weight excluding hydrogens is 282 g/mol. The van der Waals surface area contributed by atoms with E-state index in [2.05, 4.69) is 11.5 Å². The summed E-state index contributed by atoms with van der Waals surface area (Å²) in [5.41, 5.74) is 9.37. The molecular formula is C17H18ClN3. The molecule has 3 nitrogen and oxygen atoms in total. The molecule has 3 rings (SSSR count). The fraction of sp³-hybridized carbons (Fsp3) is 0.235. The Hall–Kier alpha value is -1.84. The molecule has 0 amide bonds. The first-order valence-corrected chi connectivity index (χ1v) is 7.55. The second-order valence-corrected chi connectivity index (χ2v) is 5.52. The van der Waals surface area contributed by atoms with Gasteiger partial charge in [0.25, 0.3) is 0 Å². The average molecular weight is 300 g/mol. The lowest BCUT2D eigenvalue weighted by Gasteiger charge is -2.15. The lowest BCUT2D eigenvalue weighted by molar-refractivity contribution is 0.627. The third-order valence-electron chi connectivity index (χ3n) is 3.63. The van der Waals surface area contributed by atoms with Crippen LogP contribution in [0.3, 0.4) is 0 Å².